The van der Waals surface area contributed by atoms with Gasteiger partial charge in [0.2, 0.25) is 5.24 Å². The van der Waals surface area contributed by atoms with Gasteiger partial charge in [0.05, 0.1) is 6.10 Å². The van der Waals surface area contributed by atoms with E-state index in [4.69, 9.17) is 16.7 Å². The van der Waals surface area contributed by atoms with Gasteiger partial charge in [0.25, 0.3) is 0 Å². The first-order valence-corrected chi connectivity index (χ1v) is 3.41. The van der Waals surface area contributed by atoms with E-state index >= 15 is 0 Å². The second kappa shape index (κ2) is 4.77. The molecule has 0 aliphatic heterocycles. The highest BCUT2D eigenvalue weighted by atomic mass is 35.5. The first-order valence-electron chi connectivity index (χ1n) is 3.03. The molecule has 9 heavy (non-hydrogen) atoms. The van der Waals surface area contributed by atoms with Crippen molar-refractivity contribution >= 4 is 16.8 Å². The van der Waals surface area contributed by atoms with Crippen molar-refractivity contribution in [3.05, 3.63) is 0 Å². The molecule has 0 aromatic heterocycles. The third-order valence-corrected chi connectivity index (χ3v) is 1.17. The standard InChI is InChI=1S/C6H11ClO2/c1-2-3-5(8)4-6(7)9/h5,8H,2-4H2,1H3. The van der Waals surface area contributed by atoms with Crippen LogP contribution in [0.1, 0.15) is 26.2 Å². The van der Waals surface area contributed by atoms with Crippen LogP contribution < -0.4 is 0 Å². The molecule has 0 aromatic carbocycles. The predicted octanol–water partition coefficient (Wildman–Crippen LogP) is 1.30. The Balaban J connectivity index is 3.26. The zero-order chi connectivity index (χ0) is 7.28. The van der Waals surface area contributed by atoms with Crippen LogP contribution in [0, 0.1) is 0 Å². The number of hydrogen-bond donors (Lipinski definition) is 1. The molecule has 0 aliphatic rings. The van der Waals surface area contributed by atoms with Crippen molar-refractivity contribution in [2.45, 2.75) is 32.3 Å². The van der Waals surface area contributed by atoms with E-state index in [0.717, 1.165) is 6.42 Å². The lowest BCUT2D eigenvalue weighted by Gasteiger charge is -2.03. The van der Waals surface area contributed by atoms with Gasteiger partial charge < -0.3 is 5.11 Å². The first-order chi connectivity index (χ1) is 4.16. The Morgan fingerprint density at radius 3 is 2.67 bits per heavy atom. The number of aliphatic hydroxyl groups excluding tert-OH is 1. The monoisotopic (exact) mass is 150 g/mol. The van der Waals surface area contributed by atoms with Crippen LogP contribution in [-0.2, 0) is 4.79 Å². The fourth-order valence-electron chi connectivity index (χ4n) is 0.621. The number of carbonyl (C=O) groups excluding carboxylic acids is 1. The van der Waals surface area contributed by atoms with Gasteiger partial charge in [0.15, 0.2) is 0 Å². The van der Waals surface area contributed by atoms with Crippen LogP contribution in [0.2, 0.25) is 0 Å². The quantitative estimate of drug-likeness (QED) is 0.614. The fraction of sp³-hybridized carbons (Fsp3) is 0.833. The van der Waals surface area contributed by atoms with Gasteiger partial charge in [-0.15, -0.1) is 0 Å². The first kappa shape index (κ1) is 8.92. The molecule has 1 unspecified atom stereocenters. The average Bonchev–Trinajstić information content (AvgIpc) is 1.63. The molecule has 1 N–H and O–H groups in total. The minimum atomic E-state index is -0.542. The highest BCUT2D eigenvalue weighted by Crippen LogP contribution is 2.02. The van der Waals surface area contributed by atoms with Gasteiger partial charge in [-0.1, -0.05) is 13.3 Å². The van der Waals surface area contributed by atoms with E-state index in [2.05, 4.69) is 0 Å². The van der Waals surface area contributed by atoms with Crippen molar-refractivity contribution in [3.63, 3.8) is 0 Å². The van der Waals surface area contributed by atoms with Crippen molar-refractivity contribution in [1.82, 2.24) is 0 Å². The van der Waals surface area contributed by atoms with Crippen molar-refractivity contribution in [2.75, 3.05) is 0 Å². The van der Waals surface area contributed by atoms with E-state index in [1.165, 1.54) is 0 Å². The topological polar surface area (TPSA) is 37.3 Å². The van der Waals surface area contributed by atoms with Gasteiger partial charge in [-0.25, -0.2) is 0 Å². The number of rotatable bonds is 4. The Bertz CT molecular complexity index is 93.1. The van der Waals surface area contributed by atoms with Crippen LogP contribution in [-0.4, -0.2) is 16.5 Å². The van der Waals surface area contributed by atoms with Crippen molar-refractivity contribution in [1.29, 1.82) is 0 Å². The highest BCUT2D eigenvalue weighted by molar-refractivity contribution is 6.63. The van der Waals surface area contributed by atoms with Crippen LogP contribution in [0.3, 0.4) is 0 Å². The van der Waals surface area contributed by atoms with E-state index in [1.54, 1.807) is 0 Å². The number of halogens is 1. The smallest absolute Gasteiger partial charge is 0.224 e. The van der Waals surface area contributed by atoms with Gasteiger partial charge in [0, 0.05) is 6.42 Å². The van der Waals surface area contributed by atoms with Crippen molar-refractivity contribution < 1.29 is 9.90 Å². The molecule has 1 atom stereocenters. The molecule has 0 rings (SSSR count). The zero-order valence-corrected chi connectivity index (χ0v) is 6.19. The predicted molar refractivity (Wildman–Crippen MR) is 36.4 cm³/mol. The lowest BCUT2D eigenvalue weighted by atomic mass is 10.2. The van der Waals surface area contributed by atoms with Gasteiger partial charge in [-0.2, -0.15) is 0 Å². The largest absolute Gasteiger partial charge is 0.393 e. The lowest BCUT2D eigenvalue weighted by molar-refractivity contribution is -0.113. The summed E-state index contributed by atoms with van der Waals surface area (Å²) < 4.78 is 0. The van der Waals surface area contributed by atoms with E-state index in [1.807, 2.05) is 6.92 Å². The third kappa shape index (κ3) is 5.80. The van der Waals surface area contributed by atoms with Gasteiger partial charge in [0.1, 0.15) is 0 Å². The van der Waals surface area contributed by atoms with Gasteiger partial charge in [-0.05, 0) is 18.0 Å². The highest BCUT2D eigenvalue weighted by Gasteiger charge is 2.05. The van der Waals surface area contributed by atoms with Crippen LogP contribution in [0.15, 0.2) is 0 Å². The Kier molecular flexibility index (Phi) is 4.72. The summed E-state index contributed by atoms with van der Waals surface area (Å²) in [5.74, 6) is 0. The summed E-state index contributed by atoms with van der Waals surface area (Å²) in [6, 6.07) is 0. The average molecular weight is 151 g/mol. The van der Waals surface area contributed by atoms with Gasteiger partial charge in [-0.3, -0.25) is 4.79 Å². The van der Waals surface area contributed by atoms with E-state index in [9.17, 15) is 4.79 Å². The maximum absolute atomic E-state index is 10.1. The minimum Gasteiger partial charge on any atom is -0.393 e. The second-order valence-electron chi connectivity index (χ2n) is 2.00. The summed E-state index contributed by atoms with van der Waals surface area (Å²) >= 11 is 5.01. The minimum absolute atomic E-state index is 0.0788. The Morgan fingerprint density at radius 2 is 2.33 bits per heavy atom. The van der Waals surface area contributed by atoms with Gasteiger partial charge >= 0.3 is 0 Å². The molecule has 0 fully saturated rings. The van der Waals surface area contributed by atoms with E-state index < -0.39 is 11.3 Å². The molecule has 0 saturated carbocycles. The van der Waals surface area contributed by atoms with E-state index in [-0.39, 0.29) is 6.42 Å². The molecule has 0 aliphatic carbocycles. The molecule has 0 bridgehead atoms. The molecule has 0 spiro atoms. The summed E-state index contributed by atoms with van der Waals surface area (Å²) in [4.78, 5) is 10.1. The van der Waals surface area contributed by atoms with Crippen molar-refractivity contribution in [2.24, 2.45) is 0 Å². The van der Waals surface area contributed by atoms with Crippen LogP contribution >= 0.6 is 11.6 Å². The molecule has 0 radical (unpaired) electrons. The molecular formula is C6H11ClO2. The molecule has 0 aromatic rings. The van der Waals surface area contributed by atoms with E-state index in [0.29, 0.717) is 6.42 Å². The van der Waals surface area contributed by atoms with Crippen LogP contribution in [0.25, 0.3) is 0 Å². The Hall–Kier alpha value is -0.0800. The number of aliphatic hydroxyl groups is 1. The van der Waals surface area contributed by atoms with Crippen molar-refractivity contribution in [3.8, 4) is 0 Å². The maximum atomic E-state index is 10.1. The Labute approximate surface area is 59.8 Å². The number of hydrogen-bond acceptors (Lipinski definition) is 2. The zero-order valence-electron chi connectivity index (χ0n) is 5.43. The summed E-state index contributed by atoms with van der Waals surface area (Å²) in [6.45, 7) is 1.95. The maximum Gasteiger partial charge on any atom is 0.224 e. The fourth-order valence-corrected chi connectivity index (χ4v) is 0.799. The Morgan fingerprint density at radius 1 is 1.78 bits per heavy atom. The molecule has 2 nitrogen and oxygen atoms in total. The summed E-state index contributed by atoms with van der Waals surface area (Å²) in [5, 5.41) is 8.45. The van der Waals surface area contributed by atoms with Crippen LogP contribution in [0.5, 0.6) is 0 Å². The molecule has 54 valence electrons. The third-order valence-electron chi connectivity index (χ3n) is 1.02. The summed E-state index contributed by atoms with van der Waals surface area (Å²) in [7, 11) is 0. The SMILES string of the molecule is CCCC(O)CC(=O)Cl. The normalized spacial score (nSPS) is 13.2. The molecule has 0 amide bonds. The lowest BCUT2D eigenvalue weighted by Crippen LogP contribution is -2.08. The number of carbonyl (C=O) groups is 1. The molecule has 0 saturated heterocycles. The molecular weight excluding hydrogens is 140 g/mol. The molecule has 3 heteroatoms. The molecule has 0 heterocycles. The summed E-state index contributed by atoms with van der Waals surface area (Å²) in [6.07, 6.45) is 1.07. The summed E-state index contributed by atoms with van der Waals surface area (Å²) in [5.41, 5.74) is 0. The second-order valence-corrected chi connectivity index (χ2v) is 2.42. The van der Waals surface area contributed by atoms with Crippen LogP contribution in [0.4, 0.5) is 0 Å².